The van der Waals surface area contributed by atoms with E-state index in [1.54, 1.807) is 49.4 Å². The van der Waals surface area contributed by atoms with Gasteiger partial charge in [-0.3, -0.25) is 4.79 Å². The molecule has 0 saturated carbocycles. The highest BCUT2D eigenvalue weighted by molar-refractivity contribution is 9.10. The minimum atomic E-state index is -0.498. The first-order chi connectivity index (χ1) is 13.0. The largest absolute Gasteiger partial charge is 0.481 e. The van der Waals surface area contributed by atoms with Gasteiger partial charge in [-0.25, -0.2) is 4.79 Å². The Hall–Kier alpha value is -3.11. The van der Waals surface area contributed by atoms with Crippen LogP contribution in [-0.2, 0) is 14.3 Å². The molecule has 0 aliphatic carbocycles. The van der Waals surface area contributed by atoms with Gasteiger partial charge in [-0.1, -0.05) is 24.3 Å². The zero-order valence-corrected chi connectivity index (χ0v) is 16.2. The van der Waals surface area contributed by atoms with Crippen molar-refractivity contribution >= 4 is 39.6 Å². The van der Waals surface area contributed by atoms with Crippen LogP contribution in [0.1, 0.15) is 12.5 Å². The number of halogens is 1. The second-order valence-electron chi connectivity index (χ2n) is 5.27. The van der Waals surface area contributed by atoms with E-state index in [0.29, 0.717) is 21.5 Å². The molecule has 0 radical (unpaired) electrons. The summed E-state index contributed by atoms with van der Waals surface area (Å²) in [6.07, 6.45) is 1.47. The first-order valence-electron chi connectivity index (χ1n) is 8.09. The van der Waals surface area contributed by atoms with Crippen LogP contribution in [0.5, 0.6) is 5.75 Å². The summed E-state index contributed by atoms with van der Waals surface area (Å²) in [7, 11) is 0. The van der Waals surface area contributed by atoms with Gasteiger partial charge in [0.05, 0.1) is 11.1 Å². The number of amides is 1. The Bertz CT molecular complexity index is 889. The lowest BCUT2D eigenvalue weighted by molar-refractivity contribution is -0.145. The number of nitriles is 1. The molecule has 2 aromatic rings. The van der Waals surface area contributed by atoms with Gasteiger partial charge in [0.15, 0.2) is 6.61 Å². The van der Waals surface area contributed by atoms with Gasteiger partial charge in [-0.2, -0.15) is 5.26 Å². The Morgan fingerprint density at radius 1 is 1.22 bits per heavy atom. The maximum absolute atomic E-state index is 12.2. The summed E-state index contributed by atoms with van der Waals surface area (Å²) in [5.41, 5.74) is 1.20. The molecule has 0 bridgehead atoms. The normalized spacial score (nSPS) is 10.6. The van der Waals surface area contributed by atoms with Crippen LogP contribution < -0.4 is 10.1 Å². The number of hydrogen-bond donors (Lipinski definition) is 1. The van der Waals surface area contributed by atoms with E-state index in [0.717, 1.165) is 0 Å². The highest BCUT2D eigenvalue weighted by Crippen LogP contribution is 2.27. The van der Waals surface area contributed by atoms with Crippen molar-refractivity contribution in [2.75, 3.05) is 18.5 Å². The number of esters is 1. The van der Waals surface area contributed by atoms with Gasteiger partial charge in [0.25, 0.3) is 5.91 Å². The van der Waals surface area contributed by atoms with Crippen LogP contribution in [0.4, 0.5) is 5.69 Å². The average molecular weight is 429 g/mol. The summed E-state index contributed by atoms with van der Waals surface area (Å²) >= 11 is 3.35. The first kappa shape index (κ1) is 20.2. The van der Waals surface area contributed by atoms with E-state index < -0.39 is 11.9 Å². The Morgan fingerprint density at radius 3 is 2.59 bits per heavy atom. The zero-order chi connectivity index (χ0) is 19.6. The van der Waals surface area contributed by atoms with Crippen LogP contribution in [-0.4, -0.2) is 25.1 Å². The smallest absolute Gasteiger partial charge is 0.344 e. The zero-order valence-electron chi connectivity index (χ0n) is 14.6. The number of ether oxygens (including phenoxy) is 2. The predicted molar refractivity (Wildman–Crippen MR) is 105 cm³/mol. The maximum Gasteiger partial charge on any atom is 0.344 e. The molecule has 0 saturated heterocycles. The van der Waals surface area contributed by atoms with Crippen LogP contribution in [0.15, 0.2) is 58.6 Å². The van der Waals surface area contributed by atoms with Crippen LogP contribution in [0, 0.1) is 11.3 Å². The number of carbonyl (C=O) groups is 2. The molecule has 0 aromatic heterocycles. The molecule has 138 valence electrons. The molecule has 0 spiro atoms. The number of benzene rings is 2. The monoisotopic (exact) mass is 428 g/mol. The lowest BCUT2D eigenvalue weighted by Crippen LogP contribution is -2.14. The first-order valence-corrected chi connectivity index (χ1v) is 8.89. The summed E-state index contributed by atoms with van der Waals surface area (Å²) in [6, 6.07) is 15.8. The van der Waals surface area contributed by atoms with E-state index >= 15 is 0 Å². The van der Waals surface area contributed by atoms with E-state index in [4.69, 9.17) is 9.47 Å². The molecule has 0 aliphatic heterocycles. The number of carbonyl (C=O) groups excluding carboxylic acids is 2. The third-order valence-corrected chi connectivity index (χ3v) is 3.93. The number of nitrogens with one attached hydrogen (secondary N) is 1. The Kier molecular flexibility index (Phi) is 7.59. The minimum Gasteiger partial charge on any atom is -0.481 e. The molecule has 0 atom stereocenters. The summed E-state index contributed by atoms with van der Waals surface area (Å²) in [5.74, 6) is -0.507. The molecule has 1 amide bonds. The second kappa shape index (κ2) is 10.1. The molecule has 0 unspecified atom stereocenters. The number of anilines is 1. The van der Waals surface area contributed by atoms with Crippen molar-refractivity contribution in [1.82, 2.24) is 0 Å². The van der Waals surface area contributed by atoms with Crippen molar-refractivity contribution < 1.29 is 19.1 Å². The number of nitrogens with zero attached hydrogens (tertiary/aromatic N) is 1. The molecular formula is C20H17BrN2O4. The van der Waals surface area contributed by atoms with Crippen LogP contribution in [0.25, 0.3) is 6.08 Å². The molecule has 7 heteroatoms. The third-order valence-electron chi connectivity index (χ3n) is 3.31. The van der Waals surface area contributed by atoms with E-state index in [1.165, 1.54) is 6.08 Å². The molecule has 0 heterocycles. The van der Waals surface area contributed by atoms with E-state index in [-0.39, 0.29) is 18.8 Å². The van der Waals surface area contributed by atoms with Crippen molar-refractivity contribution in [2.24, 2.45) is 0 Å². The van der Waals surface area contributed by atoms with Crippen molar-refractivity contribution in [3.63, 3.8) is 0 Å². The molecule has 2 aromatic carbocycles. The van der Waals surface area contributed by atoms with Crippen molar-refractivity contribution in [2.45, 2.75) is 6.92 Å². The second-order valence-corrected chi connectivity index (χ2v) is 6.13. The number of rotatable bonds is 7. The molecule has 27 heavy (non-hydrogen) atoms. The number of para-hydroxylation sites is 1. The SMILES string of the molecule is CCOC(=O)COc1ccc(C=C(C#N)C(=O)Nc2ccccc2)cc1Br. The fourth-order valence-electron chi connectivity index (χ4n) is 2.10. The summed E-state index contributed by atoms with van der Waals surface area (Å²) in [4.78, 5) is 23.6. The van der Waals surface area contributed by atoms with Crippen molar-refractivity contribution in [1.29, 1.82) is 5.26 Å². The molecular weight excluding hydrogens is 412 g/mol. The summed E-state index contributed by atoms with van der Waals surface area (Å²) in [5, 5.41) is 12.0. The maximum atomic E-state index is 12.2. The summed E-state index contributed by atoms with van der Waals surface area (Å²) in [6.45, 7) is 1.80. The fraction of sp³-hybridized carbons (Fsp3) is 0.150. The Balaban J connectivity index is 2.09. The highest BCUT2D eigenvalue weighted by atomic mass is 79.9. The average Bonchev–Trinajstić information content (AvgIpc) is 2.66. The molecule has 2 rings (SSSR count). The number of hydrogen-bond acceptors (Lipinski definition) is 5. The van der Waals surface area contributed by atoms with E-state index in [1.807, 2.05) is 12.1 Å². The Labute approximate surface area is 165 Å². The quantitative estimate of drug-likeness (QED) is 0.409. The van der Waals surface area contributed by atoms with Crippen LogP contribution in [0.3, 0.4) is 0 Å². The molecule has 1 N–H and O–H groups in total. The highest BCUT2D eigenvalue weighted by Gasteiger charge is 2.11. The van der Waals surface area contributed by atoms with Crippen molar-refractivity contribution in [3.8, 4) is 11.8 Å². The minimum absolute atomic E-state index is 0.0362. The lowest BCUT2D eigenvalue weighted by atomic mass is 10.1. The van der Waals surface area contributed by atoms with Gasteiger partial charge >= 0.3 is 5.97 Å². The molecule has 0 fully saturated rings. The van der Waals surface area contributed by atoms with Gasteiger partial charge < -0.3 is 14.8 Å². The molecule has 6 nitrogen and oxygen atoms in total. The Morgan fingerprint density at radius 2 is 1.96 bits per heavy atom. The standard InChI is InChI=1S/C20H17BrN2O4/c1-2-26-19(24)13-27-18-9-8-14(11-17(18)21)10-15(12-22)20(25)23-16-6-4-3-5-7-16/h3-11H,2,13H2,1H3,(H,23,25). The predicted octanol–water partition coefficient (Wildman–Crippen LogP) is 3.94. The topological polar surface area (TPSA) is 88.4 Å². The summed E-state index contributed by atoms with van der Waals surface area (Å²) < 4.78 is 10.8. The lowest BCUT2D eigenvalue weighted by Gasteiger charge is -2.08. The van der Waals surface area contributed by atoms with Gasteiger partial charge in [0.2, 0.25) is 0 Å². The van der Waals surface area contributed by atoms with Gasteiger partial charge in [-0.05, 0) is 58.8 Å². The fourth-order valence-corrected chi connectivity index (χ4v) is 2.61. The van der Waals surface area contributed by atoms with Crippen LogP contribution >= 0.6 is 15.9 Å². The van der Waals surface area contributed by atoms with Gasteiger partial charge in [0, 0.05) is 5.69 Å². The van der Waals surface area contributed by atoms with Crippen LogP contribution in [0.2, 0.25) is 0 Å². The van der Waals surface area contributed by atoms with Crippen molar-refractivity contribution in [3.05, 3.63) is 64.1 Å². The van der Waals surface area contributed by atoms with Gasteiger partial charge in [0.1, 0.15) is 17.4 Å². The molecule has 0 aliphatic rings. The third kappa shape index (κ3) is 6.28. The van der Waals surface area contributed by atoms with E-state index in [9.17, 15) is 14.9 Å². The van der Waals surface area contributed by atoms with Gasteiger partial charge in [-0.15, -0.1) is 0 Å². The van der Waals surface area contributed by atoms with E-state index in [2.05, 4.69) is 21.2 Å².